The van der Waals surface area contributed by atoms with Gasteiger partial charge in [-0.1, -0.05) is 63.2 Å². The standard InChI is InChI=1S/C29H32N2O4/c1-29(2,3)23-11-9-22(10-12-23)28(34)31-25-15-13-24(14-16-25)30-26(32)17-18-27(33)35-20-19-21-7-5-4-6-8-21/h4-16H,17-20H2,1-3H3,(H,30,32)(H,31,34). The Hall–Kier alpha value is -3.93. The lowest BCUT2D eigenvalue weighted by atomic mass is 9.87. The molecule has 0 aliphatic heterocycles. The van der Waals surface area contributed by atoms with E-state index >= 15 is 0 Å². The summed E-state index contributed by atoms with van der Waals surface area (Å²) in [6.07, 6.45) is 0.694. The van der Waals surface area contributed by atoms with Gasteiger partial charge in [-0.2, -0.15) is 0 Å². The minimum Gasteiger partial charge on any atom is -0.465 e. The smallest absolute Gasteiger partial charge is 0.306 e. The van der Waals surface area contributed by atoms with Crippen LogP contribution >= 0.6 is 0 Å². The Morgan fingerprint density at radius 3 is 1.94 bits per heavy atom. The van der Waals surface area contributed by atoms with E-state index in [1.54, 1.807) is 24.3 Å². The van der Waals surface area contributed by atoms with Gasteiger partial charge in [-0.05, 0) is 52.9 Å². The van der Waals surface area contributed by atoms with Gasteiger partial charge in [-0.15, -0.1) is 0 Å². The summed E-state index contributed by atoms with van der Waals surface area (Å²) in [7, 11) is 0. The average Bonchev–Trinajstić information content (AvgIpc) is 2.84. The van der Waals surface area contributed by atoms with Crippen LogP contribution in [0.3, 0.4) is 0 Å². The first-order chi connectivity index (χ1) is 16.7. The third-order valence-corrected chi connectivity index (χ3v) is 5.49. The number of hydrogen-bond donors (Lipinski definition) is 2. The quantitative estimate of drug-likeness (QED) is 0.389. The van der Waals surface area contributed by atoms with E-state index < -0.39 is 5.97 Å². The molecule has 182 valence electrons. The summed E-state index contributed by atoms with van der Waals surface area (Å²) < 4.78 is 5.20. The van der Waals surface area contributed by atoms with Gasteiger partial charge in [0.05, 0.1) is 13.0 Å². The Morgan fingerprint density at radius 1 is 0.743 bits per heavy atom. The summed E-state index contributed by atoms with van der Waals surface area (Å²) in [4.78, 5) is 36.6. The van der Waals surface area contributed by atoms with E-state index in [0.717, 1.165) is 11.1 Å². The van der Waals surface area contributed by atoms with Crippen LogP contribution in [0.2, 0.25) is 0 Å². The molecule has 0 radical (unpaired) electrons. The van der Waals surface area contributed by atoms with Crippen molar-refractivity contribution < 1.29 is 19.1 Å². The van der Waals surface area contributed by atoms with Crippen LogP contribution in [0.15, 0.2) is 78.9 Å². The molecule has 0 bridgehead atoms. The summed E-state index contributed by atoms with van der Waals surface area (Å²) in [5.74, 6) is -0.876. The summed E-state index contributed by atoms with van der Waals surface area (Å²) >= 11 is 0. The van der Waals surface area contributed by atoms with Gasteiger partial charge in [0.15, 0.2) is 0 Å². The molecule has 0 fully saturated rings. The summed E-state index contributed by atoms with van der Waals surface area (Å²) in [6, 6.07) is 24.2. The number of rotatable bonds is 9. The predicted octanol–water partition coefficient (Wildman–Crippen LogP) is 5.74. The van der Waals surface area contributed by atoms with Gasteiger partial charge >= 0.3 is 5.97 Å². The van der Waals surface area contributed by atoms with Gasteiger partial charge in [0.25, 0.3) is 5.91 Å². The zero-order valence-corrected chi connectivity index (χ0v) is 20.5. The molecular formula is C29H32N2O4. The molecule has 0 saturated heterocycles. The Kier molecular flexibility index (Phi) is 8.79. The highest BCUT2D eigenvalue weighted by Gasteiger charge is 2.14. The second-order valence-electron chi connectivity index (χ2n) is 9.36. The van der Waals surface area contributed by atoms with E-state index in [0.29, 0.717) is 30.0 Å². The van der Waals surface area contributed by atoms with Crippen molar-refractivity contribution in [3.8, 4) is 0 Å². The van der Waals surface area contributed by atoms with E-state index in [-0.39, 0.29) is 30.1 Å². The van der Waals surface area contributed by atoms with Crippen LogP contribution in [-0.2, 0) is 26.2 Å². The fourth-order valence-electron chi connectivity index (χ4n) is 3.40. The Balaban J connectivity index is 1.40. The maximum atomic E-state index is 12.5. The normalized spacial score (nSPS) is 10.9. The van der Waals surface area contributed by atoms with Crippen molar-refractivity contribution in [3.05, 3.63) is 95.6 Å². The van der Waals surface area contributed by atoms with Crippen molar-refractivity contribution in [1.29, 1.82) is 0 Å². The van der Waals surface area contributed by atoms with Crippen LogP contribution in [0.1, 0.15) is 55.1 Å². The van der Waals surface area contributed by atoms with Gasteiger partial charge < -0.3 is 15.4 Å². The summed E-state index contributed by atoms with van der Waals surface area (Å²) in [5.41, 5.74) is 4.06. The monoisotopic (exact) mass is 472 g/mol. The molecule has 2 amide bonds. The molecular weight excluding hydrogens is 440 g/mol. The predicted molar refractivity (Wildman–Crippen MR) is 139 cm³/mol. The third kappa shape index (κ3) is 8.41. The minimum absolute atomic E-state index is 0.0166. The highest BCUT2D eigenvalue weighted by molar-refractivity contribution is 6.04. The van der Waals surface area contributed by atoms with Crippen LogP contribution < -0.4 is 10.6 Å². The van der Waals surface area contributed by atoms with E-state index in [1.807, 2.05) is 54.6 Å². The van der Waals surface area contributed by atoms with Crippen LogP contribution in [-0.4, -0.2) is 24.4 Å². The molecule has 0 aliphatic rings. The SMILES string of the molecule is CC(C)(C)c1ccc(C(=O)Nc2ccc(NC(=O)CCC(=O)OCCc3ccccc3)cc2)cc1. The lowest BCUT2D eigenvalue weighted by Crippen LogP contribution is -2.16. The van der Waals surface area contributed by atoms with Crippen molar-refractivity contribution >= 4 is 29.2 Å². The van der Waals surface area contributed by atoms with Crippen LogP contribution in [0.5, 0.6) is 0 Å². The Bertz CT molecular complexity index is 1130. The van der Waals surface area contributed by atoms with Crippen molar-refractivity contribution in [3.63, 3.8) is 0 Å². The first-order valence-electron chi connectivity index (χ1n) is 11.7. The number of esters is 1. The van der Waals surface area contributed by atoms with Gasteiger partial charge in [0, 0.05) is 29.8 Å². The molecule has 0 saturated carbocycles. The first-order valence-corrected chi connectivity index (χ1v) is 11.7. The Labute approximate surface area is 206 Å². The molecule has 0 atom stereocenters. The van der Waals surface area contributed by atoms with Gasteiger partial charge in [0.2, 0.25) is 5.91 Å². The van der Waals surface area contributed by atoms with E-state index in [4.69, 9.17) is 4.74 Å². The molecule has 0 aromatic heterocycles. The second kappa shape index (κ2) is 12.0. The lowest BCUT2D eigenvalue weighted by molar-refractivity contribution is -0.144. The number of amides is 2. The van der Waals surface area contributed by atoms with E-state index in [9.17, 15) is 14.4 Å². The van der Waals surface area contributed by atoms with E-state index in [2.05, 4.69) is 31.4 Å². The maximum absolute atomic E-state index is 12.5. The number of carbonyl (C=O) groups excluding carboxylic acids is 3. The molecule has 6 heteroatoms. The van der Waals surface area contributed by atoms with Gasteiger partial charge in [-0.3, -0.25) is 14.4 Å². The molecule has 0 spiro atoms. The molecule has 35 heavy (non-hydrogen) atoms. The number of hydrogen-bond acceptors (Lipinski definition) is 4. The Morgan fingerprint density at radius 2 is 1.34 bits per heavy atom. The zero-order valence-electron chi connectivity index (χ0n) is 20.5. The highest BCUT2D eigenvalue weighted by Crippen LogP contribution is 2.22. The number of ether oxygens (including phenoxy) is 1. The second-order valence-corrected chi connectivity index (χ2v) is 9.36. The highest BCUT2D eigenvalue weighted by atomic mass is 16.5. The van der Waals surface area contributed by atoms with Crippen molar-refractivity contribution in [2.24, 2.45) is 0 Å². The van der Waals surface area contributed by atoms with Crippen molar-refractivity contribution in [2.45, 2.75) is 45.4 Å². The van der Waals surface area contributed by atoms with Crippen molar-refractivity contribution in [2.75, 3.05) is 17.2 Å². The average molecular weight is 473 g/mol. The van der Waals surface area contributed by atoms with Crippen LogP contribution in [0.4, 0.5) is 11.4 Å². The van der Waals surface area contributed by atoms with Gasteiger partial charge in [0.1, 0.15) is 0 Å². The molecule has 3 rings (SSSR count). The summed E-state index contributed by atoms with van der Waals surface area (Å²) in [6.45, 7) is 6.67. The van der Waals surface area contributed by atoms with Crippen molar-refractivity contribution in [1.82, 2.24) is 0 Å². The largest absolute Gasteiger partial charge is 0.465 e. The molecule has 0 heterocycles. The topological polar surface area (TPSA) is 84.5 Å². The molecule has 2 N–H and O–H groups in total. The molecule has 0 aliphatic carbocycles. The molecule has 0 unspecified atom stereocenters. The number of benzene rings is 3. The maximum Gasteiger partial charge on any atom is 0.306 e. The number of anilines is 2. The molecule has 3 aromatic rings. The molecule has 6 nitrogen and oxygen atoms in total. The minimum atomic E-state index is -0.398. The van der Waals surface area contributed by atoms with Crippen LogP contribution in [0, 0.1) is 0 Å². The van der Waals surface area contributed by atoms with Gasteiger partial charge in [-0.25, -0.2) is 0 Å². The summed E-state index contributed by atoms with van der Waals surface area (Å²) in [5, 5.41) is 5.61. The lowest BCUT2D eigenvalue weighted by Gasteiger charge is -2.19. The number of nitrogens with one attached hydrogen (secondary N) is 2. The third-order valence-electron chi connectivity index (χ3n) is 5.49. The molecule has 3 aromatic carbocycles. The first kappa shape index (κ1) is 25.7. The fourth-order valence-corrected chi connectivity index (χ4v) is 3.40. The fraction of sp³-hybridized carbons (Fsp3) is 0.276. The zero-order chi connectivity index (χ0) is 25.3. The van der Waals surface area contributed by atoms with E-state index in [1.165, 1.54) is 0 Å². The van der Waals surface area contributed by atoms with Crippen LogP contribution in [0.25, 0.3) is 0 Å². The number of carbonyl (C=O) groups is 3.